The quantitative estimate of drug-likeness (QED) is 0.910. The Morgan fingerprint density at radius 2 is 2.05 bits per heavy atom. The van der Waals surface area contributed by atoms with Crippen LogP contribution in [0.5, 0.6) is 5.75 Å². The lowest BCUT2D eigenvalue weighted by molar-refractivity contribution is 0.473. The summed E-state index contributed by atoms with van der Waals surface area (Å²) in [5.41, 5.74) is 0. The SMILES string of the molecule is CC(NS(=O)(=O)c1cccc(O)c1)c1ccc(Cl)s1. The highest BCUT2D eigenvalue weighted by atomic mass is 35.5. The van der Waals surface area contributed by atoms with Crippen molar-refractivity contribution in [3.63, 3.8) is 0 Å². The first-order valence-corrected chi connectivity index (χ1v) is 8.13. The molecule has 0 spiro atoms. The van der Waals surface area contributed by atoms with Crippen LogP contribution in [-0.4, -0.2) is 13.5 Å². The van der Waals surface area contributed by atoms with Gasteiger partial charge in [-0.05, 0) is 37.3 Å². The lowest BCUT2D eigenvalue weighted by Crippen LogP contribution is -2.26. The molecule has 4 nitrogen and oxygen atoms in total. The summed E-state index contributed by atoms with van der Waals surface area (Å²) in [5.74, 6) is -0.0882. The molecule has 1 unspecified atom stereocenters. The Bertz CT molecular complexity index is 682. The van der Waals surface area contributed by atoms with Gasteiger partial charge in [-0.25, -0.2) is 13.1 Å². The van der Waals surface area contributed by atoms with Crippen molar-refractivity contribution in [2.24, 2.45) is 0 Å². The molecule has 1 aromatic heterocycles. The molecule has 0 saturated carbocycles. The van der Waals surface area contributed by atoms with Crippen LogP contribution in [0.25, 0.3) is 0 Å². The van der Waals surface area contributed by atoms with Crippen LogP contribution >= 0.6 is 22.9 Å². The molecule has 0 saturated heterocycles. The average molecular weight is 318 g/mol. The second kappa shape index (κ2) is 5.50. The predicted octanol–water partition coefficient (Wildman–Crippen LogP) is 3.15. The van der Waals surface area contributed by atoms with Crippen molar-refractivity contribution in [3.8, 4) is 5.75 Å². The van der Waals surface area contributed by atoms with Gasteiger partial charge in [0, 0.05) is 4.88 Å². The molecule has 2 rings (SSSR count). The summed E-state index contributed by atoms with van der Waals surface area (Å²) in [6.45, 7) is 1.74. The van der Waals surface area contributed by atoms with E-state index in [2.05, 4.69) is 4.72 Å². The van der Waals surface area contributed by atoms with Gasteiger partial charge in [-0.3, -0.25) is 0 Å². The Morgan fingerprint density at radius 3 is 2.63 bits per heavy atom. The fourth-order valence-electron chi connectivity index (χ4n) is 1.57. The zero-order valence-corrected chi connectivity index (χ0v) is 12.4. The van der Waals surface area contributed by atoms with Crippen molar-refractivity contribution in [1.29, 1.82) is 0 Å². The third-order valence-electron chi connectivity index (χ3n) is 2.48. The Balaban J connectivity index is 2.22. The van der Waals surface area contributed by atoms with Gasteiger partial charge >= 0.3 is 0 Å². The molecule has 1 aromatic carbocycles. The van der Waals surface area contributed by atoms with E-state index in [0.717, 1.165) is 4.88 Å². The Labute approximate surface area is 120 Å². The normalized spacial score (nSPS) is 13.4. The van der Waals surface area contributed by atoms with Crippen molar-refractivity contribution >= 4 is 33.0 Å². The first-order chi connectivity index (χ1) is 8.88. The Hall–Kier alpha value is -1.08. The molecule has 0 amide bonds. The molecule has 0 radical (unpaired) electrons. The van der Waals surface area contributed by atoms with Gasteiger partial charge < -0.3 is 5.11 Å². The Kier molecular flexibility index (Phi) is 4.15. The van der Waals surface area contributed by atoms with Crippen LogP contribution in [0.2, 0.25) is 4.34 Å². The second-order valence-corrected chi connectivity index (χ2v) is 7.44. The van der Waals surface area contributed by atoms with Gasteiger partial charge in [-0.1, -0.05) is 17.7 Å². The van der Waals surface area contributed by atoms with Crippen LogP contribution in [0.1, 0.15) is 17.8 Å². The molecule has 2 aromatic rings. The molecule has 0 aliphatic heterocycles. The van der Waals surface area contributed by atoms with E-state index < -0.39 is 10.0 Å². The first kappa shape index (κ1) is 14.3. The third-order valence-corrected chi connectivity index (χ3v) is 5.43. The minimum Gasteiger partial charge on any atom is -0.508 e. The van der Waals surface area contributed by atoms with Gasteiger partial charge in [0.2, 0.25) is 10.0 Å². The predicted molar refractivity (Wildman–Crippen MR) is 76.2 cm³/mol. The van der Waals surface area contributed by atoms with E-state index in [1.54, 1.807) is 19.1 Å². The summed E-state index contributed by atoms with van der Waals surface area (Å²) in [6.07, 6.45) is 0. The number of phenols is 1. The maximum absolute atomic E-state index is 12.1. The third kappa shape index (κ3) is 3.48. The number of halogens is 1. The van der Waals surface area contributed by atoms with E-state index in [1.165, 1.54) is 35.6 Å². The number of nitrogens with one attached hydrogen (secondary N) is 1. The minimum atomic E-state index is -3.67. The number of sulfonamides is 1. The standard InChI is InChI=1S/C12H12ClNO3S2/c1-8(11-5-6-12(13)18-11)14-19(16,17)10-4-2-3-9(15)7-10/h2-8,14-15H,1H3. The van der Waals surface area contributed by atoms with E-state index in [1.807, 2.05) is 0 Å². The highest BCUT2D eigenvalue weighted by molar-refractivity contribution is 7.89. The van der Waals surface area contributed by atoms with Crippen LogP contribution < -0.4 is 4.72 Å². The van der Waals surface area contributed by atoms with E-state index in [9.17, 15) is 13.5 Å². The molecule has 7 heteroatoms. The lowest BCUT2D eigenvalue weighted by Gasteiger charge is -2.12. The minimum absolute atomic E-state index is 0.0296. The maximum Gasteiger partial charge on any atom is 0.241 e. The second-order valence-electron chi connectivity index (χ2n) is 3.98. The fraction of sp³-hybridized carbons (Fsp3) is 0.167. The molecule has 2 N–H and O–H groups in total. The highest BCUT2D eigenvalue weighted by Gasteiger charge is 2.19. The summed E-state index contributed by atoms with van der Waals surface area (Å²) in [4.78, 5) is 0.857. The summed E-state index contributed by atoms with van der Waals surface area (Å²) in [5, 5.41) is 9.32. The van der Waals surface area contributed by atoms with E-state index in [0.29, 0.717) is 4.34 Å². The van der Waals surface area contributed by atoms with E-state index in [-0.39, 0.29) is 16.7 Å². The van der Waals surface area contributed by atoms with Crippen LogP contribution in [0.3, 0.4) is 0 Å². The number of rotatable bonds is 4. The zero-order chi connectivity index (χ0) is 14.0. The summed E-state index contributed by atoms with van der Waals surface area (Å²) in [6, 6.07) is 8.65. The molecule has 1 heterocycles. The zero-order valence-electron chi connectivity index (χ0n) is 10.00. The Morgan fingerprint density at radius 1 is 1.32 bits per heavy atom. The topological polar surface area (TPSA) is 66.4 Å². The molecule has 1 atom stereocenters. The van der Waals surface area contributed by atoms with Crippen molar-refractivity contribution in [2.75, 3.05) is 0 Å². The van der Waals surface area contributed by atoms with Gasteiger partial charge in [0.15, 0.2) is 0 Å². The van der Waals surface area contributed by atoms with Crippen LogP contribution in [-0.2, 0) is 10.0 Å². The van der Waals surface area contributed by atoms with Crippen molar-refractivity contribution in [1.82, 2.24) is 4.72 Å². The number of aromatic hydroxyl groups is 1. The number of phenolic OH excluding ortho intramolecular Hbond substituents is 1. The molecular formula is C12H12ClNO3S2. The number of hydrogen-bond acceptors (Lipinski definition) is 4. The van der Waals surface area contributed by atoms with Crippen LogP contribution in [0, 0.1) is 0 Å². The van der Waals surface area contributed by atoms with Gasteiger partial charge in [0.25, 0.3) is 0 Å². The number of thiophene rings is 1. The first-order valence-electron chi connectivity index (χ1n) is 5.45. The highest BCUT2D eigenvalue weighted by Crippen LogP contribution is 2.28. The molecule has 19 heavy (non-hydrogen) atoms. The average Bonchev–Trinajstić information content (AvgIpc) is 2.75. The van der Waals surface area contributed by atoms with Gasteiger partial charge in [-0.15, -0.1) is 11.3 Å². The smallest absolute Gasteiger partial charge is 0.241 e. The van der Waals surface area contributed by atoms with Gasteiger partial charge in [0.05, 0.1) is 15.3 Å². The van der Waals surface area contributed by atoms with Gasteiger partial charge in [-0.2, -0.15) is 0 Å². The fourth-order valence-corrected chi connectivity index (χ4v) is 3.97. The van der Waals surface area contributed by atoms with Crippen molar-refractivity contribution < 1.29 is 13.5 Å². The van der Waals surface area contributed by atoms with Gasteiger partial charge in [0.1, 0.15) is 5.75 Å². The monoisotopic (exact) mass is 317 g/mol. The summed E-state index contributed by atoms with van der Waals surface area (Å²) >= 11 is 7.15. The molecule has 0 aliphatic rings. The largest absolute Gasteiger partial charge is 0.508 e. The van der Waals surface area contributed by atoms with Crippen LogP contribution in [0.4, 0.5) is 0 Å². The van der Waals surface area contributed by atoms with E-state index >= 15 is 0 Å². The molecule has 0 aliphatic carbocycles. The van der Waals surface area contributed by atoms with Crippen LogP contribution in [0.15, 0.2) is 41.3 Å². The molecule has 102 valence electrons. The summed E-state index contributed by atoms with van der Waals surface area (Å²) < 4.78 is 27.4. The summed E-state index contributed by atoms with van der Waals surface area (Å²) in [7, 11) is -3.67. The van der Waals surface area contributed by atoms with Crippen molar-refractivity contribution in [2.45, 2.75) is 17.9 Å². The lowest BCUT2D eigenvalue weighted by atomic mass is 10.3. The maximum atomic E-state index is 12.1. The molecule has 0 bridgehead atoms. The van der Waals surface area contributed by atoms with E-state index in [4.69, 9.17) is 11.6 Å². The van der Waals surface area contributed by atoms with Crippen molar-refractivity contribution in [3.05, 3.63) is 45.6 Å². The molecule has 0 fully saturated rings. The number of benzene rings is 1. The number of hydrogen-bond donors (Lipinski definition) is 2. The molecular weight excluding hydrogens is 306 g/mol.